The van der Waals surface area contributed by atoms with Crippen LogP contribution in [0.3, 0.4) is 0 Å². The van der Waals surface area contributed by atoms with E-state index >= 15 is 0 Å². The fourth-order valence-electron chi connectivity index (χ4n) is 2.62. The average Bonchev–Trinajstić information content (AvgIpc) is 2.39. The monoisotopic (exact) mass is 247 g/mol. The van der Waals surface area contributed by atoms with Crippen molar-refractivity contribution in [1.29, 1.82) is 0 Å². The van der Waals surface area contributed by atoms with Crippen molar-refractivity contribution in [3.8, 4) is 0 Å². The maximum absolute atomic E-state index is 3.65. The molecule has 18 heavy (non-hydrogen) atoms. The maximum Gasteiger partial charge on any atom is 0.0348 e. The van der Waals surface area contributed by atoms with Crippen LogP contribution in [0.5, 0.6) is 0 Å². The van der Waals surface area contributed by atoms with Gasteiger partial charge in [0.2, 0.25) is 0 Å². The van der Waals surface area contributed by atoms with Crippen LogP contribution >= 0.6 is 0 Å². The Morgan fingerprint density at radius 1 is 0.889 bits per heavy atom. The molecule has 0 amide bonds. The number of hydrogen-bond donors (Lipinski definition) is 1. The molecule has 1 rings (SSSR count). The van der Waals surface area contributed by atoms with Gasteiger partial charge in [0.25, 0.3) is 0 Å². The minimum absolute atomic E-state index is 0.506. The van der Waals surface area contributed by atoms with Crippen molar-refractivity contribution in [3.05, 3.63) is 35.4 Å². The van der Waals surface area contributed by atoms with Crippen LogP contribution in [-0.2, 0) is 0 Å². The SMILES string of the molecule is CCNC(c1ccc(C(C)C)cc1)C(CC)CC. The molecule has 1 atom stereocenters. The summed E-state index contributed by atoms with van der Waals surface area (Å²) in [5, 5.41) is 3.65. The molecular weight excluding hydrogens is 218 g/mol. The zero-order chi connectivity index (χ0) is 13.5. The lowest BCUT2D eigenvalue weighted by Gasteiger charge is -2.27. The minimum atomic E-state index is 0.506. The topological polar surface area (TPSA) is 12.0 Å². The number of benzene rings is 1. The van der Waals surface area contributed by atoms with E-state index < -0.39 is 0 Å². The molecule has 0 aromatic heterocycles. The van der Waals surface area contributed by atoms with Crippen LogP contribution in [0.25, 0.3) is 0 Å². The summed E-state index contributed by atoms with van der Waals surface area (Å²) < 4.78 is 0. The third kappa shape index (κ3) is 3.84. The van der Waals surface area contributed by atoms with E-state index in [-0.39, 0.29) is 0 Å². The second-order valence-corrected chi connectivity index (χ2v) is 5.43. The van der Waals surface area contributed by atoms with Gasteiger partial charge in [-0.25, -0.2) is 0 Å². The zero-order valence-corrected chi connectivity index (χ0v) is 12.7. The molecule has 1 aromatic carbocycles. The van der Waals surface area contributed by atoms with Crippen LogP contribution in [0, 0.1) is 5.92 Å². The van der Waals surface area contributed by atoms with Crippen molar-refractivity contribution in [2.24, 2.45) is 5.92 Å². The van der Waals surface area contributed by atoms with Gasteiger partial charge in [-0.15, -0.1) is 0 Å². The highest BCUT2D eigenvalue weighted by Gasteiger charge is 2.19. The molecule has 0 heterocycles. The summed E-state index contributed by atoms with van der Waals surface area (Å²) in [6, 6.07) is 9.69. The summed E-state index contributed by atoms with van der Waals surface area (Å²) in [7, 11) is 0. The molecule has 0 aliphatic heterocycles. The largest absolute Gasteiger partial charge is 0.310 e. The van der Waals surface area contributed by atoms with Gasteiger partial charge in [-0.2, -0.15) is 0 Å². The van der Waals surface area contributed by atoms with E-state index in [0.29, 0.717) is 12.0 Å². The van der Waals surface area contributed by atoms with Crippen LogP contribution < -0.4 is 5.32 Å². The third-order valence-electron chi connectivity index (χ3n) is 3.91. The molecule has 1 nitrogen and oxygen atoms in total. The lowest BCUT2D eigenvalue weighted by Crippen LogP contribution is -2.27. The Balaban J connectivity index is 2.91. The van der Waals surface area contributed by atoms with Crippen LogP contribution in [0.15, 0.2) is 24.3 Å². The molecule has 0 bridgehead atoms. The zero-order valence-electron chi connectivity index (χ0n) is 12.7. The summed E-state index contributed by atoms with van der Waals surface area (Å²) in [6.45, 7) is 12.3. The van der Waals surface area contributed by atoms with Crippen LogP contribution in [-0.4, -0.2) is 6.54 Å². The lowest BCUT2D eigenvalue weighted by atomic mass is 9.88. The van der Waals surface area contributed by atoms with Gasteiger partial charge >= 0.3 is 0 Å². The number of rotatable bonds is 7. The molecule has 0 saturated carbocycles. The molecule has 1 heteroatoms. The fourth-order valence-corrected chi connectivity index (χ4v) is 2.62. The van der Waals surface area contributed by atoms with Gasteiger partial charge in [-0.3, -0.25) is 0 Å². The van der Waals surface area contributed by atoms with Crippen molar-refractivity contribution >= 4 is 0 Å². The Hall–Kier alpha value is -0.820. The highest BCUT2D eigenvalue weighted by Crippen LogP contribution is 2.28. The van der Waals surface area contributed by atoms with Gasteiger partial charge in [0.05, 0.1) is 0 Å². The van der Waals surface area contributed by atoms with Gasteiger partial charge in [-0.05, 0) is 29.5 Å². The van der Waals surface area contributed by atoms with Crippen molar-refractivity contribution in [1.82, 2.24) is 5.32 Å². The summed E-state index contributed by atoms with van der Waals surface area (Å²) in [4.78, 5) is 0. The Morgan fingerprint density at radius 2 is 1.39 bits per heavy atom. The molecule has 102 valence electrons. The first-order valence-electron chi connectivity index (χ1n) is 7.47. The van der Waals surface area contributed by atoms with Gasteiger partial charge in [0.1, 0.15) is 0 Å². The van der Waals surface area contributed by atoms with Crippen LogP contribution in [0.1, 0.15) is 70.5 Å². The standard InChI is InChI=1S/C17H29N/c1-6-14(7-2)17(18-8-3)16-11-9-15(10-12-16)13(4)5/h9-14,17-18H,6-8H2,1-5H3. The highest BCUT2D eigenvalue weighted by molar-refractivity contribution is 5.27. The van der Waals surface area contributed by atoms with Crippen molar-refractivity contribution in [3.63, 3.8) is 0 Å². The first-order valence-corrected chi connectivity index (χ1v) is 7.47. The quantitative estimate of drug-likeness (QED) is 0.723. The summed E-state index contributed by atoms with van der Waals surface area (Å²) in [5.41, 5.74) is 2.87. The van der Waals surface area contributed by atoms with Crippen LogP contribution in [0.4, 0.5) is 0 Å². The number of hydrogen-bond acceptors (Lipinski definition) is 1. The van der Waals surface area contributed by atoms with E-state index in [1.807, 2.05) is 0 Å². The molecule has 0 radical (unpaired) electrons. The summed E-state index contributed by atoms with van der Waals surface area (Å²) in [5.74, 6) is 1.35. The van der Waals surface area contributed by atoms with Gasteiger partial charge in [-0.1, -0.05) is 71.7 Å². The molecule has 0 aliphatic rings. The first kappa shape index (κ1) is 15.2. The molecular formula is C17H29N. The molecule has 1 aromatic rings. The lowest BCUT2D eigenvalue weighted by molar-refractivity contribution is 0.346. The highest BCUT2D eigenvalue weighted by atomic mass is 14.9. The predicted molar refractivity (Wildman–Crippen MR) is 81.0 cm³/mol. The van der Waals surface area contributed by atoms with Crippen LogP contribution in [0.2, 0.25) is 0 Å². The Morgan fingerprint density at radius 3 is 1.78 bits per heavy atom. The molecule has 0 fully saturated rings. The summed E-state index contributed by atoms with van der Waals surface area (Å²) >= 11 is 0. The predicted octanol–water partition coefficient (Wildman–Crippen LogP) is 4.90. The second kappa shape index (κ2) is 7.58. The van der Waals surface area contributed by atoms with Crippen molar-refractivity contribution < 1.29 is 0 Å². The fraction of sp³-hybridized carbons (Fsp3) is 0.647. The van der Waals surface area contributed by atoms with Crippen molar-refractivity contribution in [2.45, 2.75) is 59.4 Å². The third-order valence-corrected chi connectivity index (χ3v) is 3.91. The molecule has 0 saturated heterocycles. The Bertz CT molecular complexity index is 322. The molecule has 1 unspecified atom stereocenters. The summed E-state index contributed by atoms with van der Waals surface area (Å²) in [6.07, 6.45) is 2.47. The van der Waals surface area contributed by atoms with Gasteiger partial charge < -0.3 is 5.32 Å². The Labute approximate surface area is 113 Å². The van der Waals surface area contributed by atoms with Gasteiger partial charge in [0.15, 0.2) is 0 Å². The molecule has 0 spiro atoms. The second-order valence-electron chi connectivity index (χ2n) is 5.43. The molecule has 0 aliphatic carbocycles. The van der Waals surface area contributed by atoms with E-state index in [9.17, 15) is 0 Å². The van der Waals surface area contributed by atoms with E-state index in [2.05, 4.69) is 64.2 Å². The molecule has 1 N–H and O–H groups in total. The van der Waals surface area contributed by atoms with E-state index in [1.165, 1.54) is 24.0 Å². The van der Waals surface area contributed by atoms with E-state index in [0.717, 1.165) is 12.5 Å². The van der Waals surface area contributed by atoms with E-state index in [1.54, 1.807) is 0 Å². The first-order chi connectivity index (χ1) is 8.63. The average molecular weight is 247 g/mol. The Kier molecular flexibility index (Phi) is 6.42. The smallest absolute Gasteiger partial charge is 0.0348 e. The maximum atomic E-state index is 3.65. The minimum Gasteiger partial charge on any atom is -0.310 e. The van der Waals surface area contributed by atoms with Crippen molar-refractivity contribution in [2.75, 3.05) is 6.54 Å². The van der Waals surface area contributed by atoms with Gasteiger partial charge in [0, 0.05) is 6.04 Å². The number of nitrogens with one attached hydrogen (secondary N) is 1. The normalized spacial score (nSPS) is 13.3. The van der Waals surface area contributed by atoms with E-state index in [4.69, 9.17) is 0 Å².